The summed E-state index contributed by atoms with van der Waals surface area (Å²) in [5.74, 6) is 0. The molecule has 0 spiro atoms. The first-order valence-electron chi connectivity index (χ1n) is 9.21. The minimum absolute atomic E-state index is 0.0357. The van der Waals surface area contributed by atoms with Gasteiger partial charge in [-0.15, -0.1) is 0 Å². The third-order valence-corrected chi connectivity index (χ3v) is 5.30. The highest BCUT2D eigenvalue weighted by Crippen LogP contribution is 2.31. The second-order valence-electron chi connectivity index (χ2n) is 6.79. The Labute approximate surface area is 179 Å². The lowest BCUT2D eigenvalue weighted by atomic mass is 9.97. The number of nitrogen functional groups attached to an aromatic ring is 1. The number of anilines is 2. The maximum Gasteiger partial charge on any atom is 0.0954 e. The summed E-state index contributed by atoms with van der Waals surface area (Å²) in [5, 5.41) is 4.87. The molecule has 4 rings (SSSR count). The molecule has 1 unspecified atom stereocenters. The largest absolute Gasteiger partial charge is 0.397 e. The van der Waals surface area contributed by atoms with Crippen LogP contribution in [0, 0.1) is 0 Å². The minimum atomic E-state index is -0.0357. The van der Waals surface area contributed by atoms with E-state index < -0.39 is 0 Å². The highest BCUT2D eigenvalue weighted by molar-refractivity contribution is 6.30. The van der Waals surface area contributed by atoms with E-state index in [9.17, 15) is 0 Å². The third kappa shape index (κ3) is 4.56. The molecule has 0 aliphatic carbocycles. The van der Waals surface area contributed by atoms with Crippen LogP contribution < -0.4 is 11.1 Å². The molecular formula is C23H20Cl2N4. The van der Waals surface area contributed by atoms with E-state index in [1.54, 1.807) is 6.20 Å². The molecule has 3 aromatic carbocycles. The van der Waals surface area contributed by atoms with Crippen molar-refractivity contribution in [2.24, 2.45) is 0 Å². The Morgan fingerprint density at radius 1 is 0.897 bits per heavy atom. The van der Waals surface area contributed by atoms with Gasteiger partial charge in [-0.3, -0.25) is 0 Å². The van der Waals surface area contributed by atoms with Crippen molar-refractivity contribution in [2.75, 3.05) is 11.1 Å². The summed E-state index contributed by atoms with van der Waals surface area (Å²) in [6, 6.07) is 21.7. The van der Waals surface area contributed by atoms with Gasteiger partial charge in [0.1, 0.15) is 0 Å². The number of halogens is 2. The fraction of sp³-hybridized carbons (Fsp3) is 0.0870. The Morgan fingerprint density at radius 3 is 2.21 bits per heavy atom. The zero-order valence-electron chi connectivity index (χ0n) is 15.6. The zero-order valence-corrected chi connectivity index (χ0v) is 17.1. The average Bonchev–Trinajstić information content (AvgIpc) is 3.25. The third-order valence-electron chi connectivity index (χ3n) is 4.80. The van der Waals surface area contributed by atoms with Crippen LogP contribution in [0.25, 0.3) is 0 Å². The summed E-state index contributed by atoms with van der Waals surface area (Å²) in [6.45, 7) is 0.654. The van der Waals surface area contributed by atoms with Crippen molar-refractivity contribution < 1.29 is 0 Å². The zero-order chi connectivity index (χ0) is 20.2. The first-order chi connectivity index (χ1) is 14.1. The number of nitrogens with zero attached hydrogens (tertiary/aromatic N) is 2. The molecule has 1 atom stereocenters. The van der Waals surface area contributed by atoms with Gasteiger partial charge >= 0.3 is 0 Å². The van der Waals surface area contributed by atoms with Gasteiger partial charge in [0.2, 0.25) is 0 Å². The van der Waals surface area contributed by atoms with Gasteiger partial charge in [-0.05, 0) is 53.1 Å². The fourth-order valence-electron chi connectivity index (χ4n) is 3.30. The van der Waals surface area contributed by atoms with Crippen LogP contribution in [0.2, 0.25) is 10.0 Å². The number of hydrogen-bond donors (Lipinski definition) is 2. The molecule has 1 heterocycles. The van der Waals surface area contributed by atoms with E-state index >= 15 is 0 Å². The number of nitrogens with one attached hydrogen (secondary N) is 1. The summed E-state index contributed by atoms with van der Waals surface area (Å²) in [4.78, 5) is 4.22. The van der Waals surface area contributed by atoms with Crippen LogP contribution in [0.5, 0.6) is 0 Å². The standard InChI is InChI=1S/C23H20Cl2N4/c24-19-6-1-16(2-7-19)14-28-22-13-18(5-10-21(22)26)23(29-12-11-27-15-29)17-3-8-20(25)9-4-17/h1-13,15,23,28H,14,26H2. The molecule has 0 saturated carbocycles. The molecule has 3 N–H and O–H groups in total. The fourth-order valence-corrected chi connectivity index (χ4v) is 3.55. The number of rotatable bonds is 6. The van der Waals surface area contributed by atoms with Crippen LogP contribution in [-0.4, -0.2) is 9.55 Å². The number of benzene rings is 3. The summed E-state index contributed by atoms with van der Waals surface area (Å²) < 4.78 is 2.07. The normalized spacial score (nSPS) is 11.9. The van der Waals surface area contributed by atoms with Crippen LogP contribution in [0.3, 0.4) is 0 Å². The molecule has 1 aromatic heterocycles. The lowest BCUT2D eigenvalue weighted by molar-refractivity contribution is 0.677. The smallest absolute Gasteiger partial charge is 0.0954 e. The second-order valence-corrected chi connectivity index (χ2v) is 7.66. The highest BCUT2D eigenvalue weighted by atomic mass is 35.5. The minimum Gasteiger partial charge on any atom is -0.397 e. The van der Waals surface area contributed by atoms with E-state index in [2.05, 4.69) is 20.9 Å². The summed E-state index contributed by atoms with van der Waals surface area (Å²) >= 11 is 12.1. The lowest BCUT2D eigenvalue weighted by Crippen LogP contribution is -2.12. The van der Waals surface area contributed by atoms with Crippen LogP contribution in [0.15, 0.2) is 85.5 Å². The van der Waals surface area contributed by atoms with E-state index in [1.165, 1.54) is 0 Å². The molecule has 0 bridgehead atoms. The number of hydrogen-bond acceptors (Lipinski definition) is 3. The predicted octanol–water partition coefficient (Wildman–Crippen LogP) is 6.02. The van der Waals surface area contributed by atoms with Gasteiger partial charge in [0.15, 0.2) is 0 Å². The summed E-state index contributed by atoms with van der Waals surface area (Å²) in [5.41, 5.74) is 11.2. The molecule has 4 nitrogen and oxygen atoms in total. The Hall–Kier alpha value is -2.95. The summed E-state index contributed by atoms with van der Waals surface area (Å²) in [7, 11) is 0. The molecule has 0 saturated heterocycles. The van der Waals surface area contributed by atoms with Gasteiger partial charge < -0.3 is 15.6 Å². The van der Waals surface area contributed by atoms with Crippen molar-refractivity contribution >= 4 is 34.6 Å². The summed E-state index contributed by atoms with van der Waals surface area (Å²) in [6.07, 6.45) is 5.55. The Balaban J connectivity index is 1.65. The van der Waals surface area contributed by atoms with E-state index in [0.29, 0.717) is 17.3 Å². The van der Waals surface area contributed by atoms with E-state index in [-0.39, 0.29) is 6.04 Å². The van der Waals surface area contributed by atoms with Crippen molar-refractivity contribution in [1.29, 1.82) is 0 Å². The Bertz CT molecular complexity index is 1080. The molecule has 6 heteroatoms. The first kappa shape index (κ1) is 19.4. The predicted molar refractivity (Wildman–Crippen MR) is 121 cm³/mol. The quantitative estimate of drug-likeness (QED) is 0.373. The van der Waals surface area contributed by atoms with Crippen LogP contribution in [0.1, 0.15) is 22.7 Å². The Kier molecular flexibility index (Phi) is 5.74. The van der Waals surface area contributed by atoms with Gasteiger partial charge in [-0.25, -0.2) is 4.98 Å². The molecule has 29 heavy (non-hydrogen) atoms. The van der Waals surface area contributed by atoms with Gasteiger partial charge in [0.05, 0.1) is 23.7 Å². The van der Waals surface area contributed by atoms with E-state index in [0.717, 1.165) is 27.4 Å². The molecule has 0 aliphatic rings. The molecule has 0 radical (unpaired) electrons. The number of nitrogens with two attached hydrogens (primary N) is 1. The van der Waals surface area contributed by atoms with Crippen molar-refractivity contribution in [3.63, 3.8) is 0 Å². The maximum absolute atomic E-state index is 6.23. The second kappa shape index (κ2) is 8.60. The number of aromatic nitrogens is 2. The highest BCUT2D eigenvalue weighted by Gasteiger charge is 2.17. The lowest BCUT2D eigenvalue weighted by Gasteiger charge is -2.21. The van der Waals surface area contributed by atoms with Crippen molar-refractivity contribution in [2.45, 2.75) is 12.6 Å². The van der Waals surface area contributed by atoms with Crippen LogP contribution in [-0.2, 0) is 6.54 Å². The topological polar surface area (TPSA) is 55.9 Å². The van der Waals surface area contributed by atoms with Gasteiger partial charge in [-0.1, -0.05) is 53.5 Å². The van der Waals surface area contributed by atoms with E-state index in [4.69, 9.17) is 28.9 Å². The molecule has 0 fully saturated rings. The molecular weight excluding hydrogens is 403 g/mol. The molecule has 4 aromatic rings. The molecule has 0 aliphatic heterocycles. The van der Waals surface area contributed by atoms with Crippen LogP contribution in [0.4, 0.5) is 11.4 Å². The monoisotopic (exact) mass is 422 g/mol. The van der Waals surface area contributed by atoms with Crippen molar-refractivity contribution in [3.05, 3.63) is 112 Å². The molecule has 0 amide bonds. The number of imidazole rings is 1. The maximum atomic E-state index is 6.23. The van der Waals surface area contributed by atoms with Crippen molar-refractivity contribution in [1.82, 2.24) is 9.55 Å². The molecule has 146 valence electrons. The van der Waals surface area contributed by atoms with E-state index in [1.807, 2.05) is 73.2 Å². The Morgan fingerprint density at radius 2 is 1.55 bits per heavy atom. The van der Waals surface area contributed by atoms with Gasteiger partial charge in [0.25, 0.3) is 0 Å². The van der Waals surface area contributed by atoms with Crippen molar-refractivity contribution in [3.8, 4) is 0 Å². The van der Waals surface area contributed by atoms with Gasteiger partial charge in [-0.2, -0.15) is 0 Å². The van der Waals surface area contributed by atoms with Gasteiger partial charge in [0, 0.05) is 29.0 Å². The SMILES string of the molecule is Nc1ccc(C(c2ccc(Cl)cc2)n2ccnc2)cc1NCc1ccc(Cl)cc1. The first-order valence-corrected chi connectivity index (χ1v) is 9.96. The van der Waals surface area contributed by atoms with Crippen LogP contribution >= 0.6 is 23.2 Å². The average molecular weight is 423 g/mol.